The molecule has 2 fully saturated rings. The SMILES string of the molecule is CC[C@H](C)[C@H](NC(=O)[C@H](NC(=O)[C@@H](CCC(N)=O)NC(=O)[C@H](CO)NC(=O)[C@H](CCCCCCC(F)F)NC(=O)[C@@H](Cc1ccccc1)NC)[C@@H](C)CC)C(=O)N[C@@H](CO)C(=O)N[C@H]1C(=O)N[C@@H](C)C(=O)NC2(CC2CC(F)F)C(=O)N[C@@H]([C@@H](C)CC)C(=O)O[C@H]1C. The second-order valence-electron chi connectivity index (χ2n) is 24.0. The van der Waals surface area contributed by atoms with E-state index in [0.29, 0.717) is 19.3 Å². The fourth-order valence-corrected chi connectivity index (χ4v) is 10.3. The molecular weight excluding hydrogens is 1220 g/mol. The van der Waals surface area contributed by atoms with Gasteiger partial charge in [-0.15, -0.1) is 0 Å². The highest BCUT2D eigenvalue weighted by atomic mass is 19.3. The Morgan fingerprint density at radius 2 is 1.13 bits per heavy atom. The van der Waals surface area contributed by atoms with Crippen LogP contribution in [0.15, 0.2) is 30.3 Å². The predicted molar refractivity (Wildman–Crippen MR) is 326 cm³/mol. The number of nitrogens with two attached hydrogens (primary N) is 1. The first-order valence-electron chi connectivity index (χ1n) is 31.5. The average Bonchev–Trinajstić information content (AvgIpc) is 1.58. The molecule has 15 N–H and O–H groups in total. The number of benzene rings is 1. The third-order valence-corrected chi connectivity index (χ3v) is 17.0. The lowest BCUT2D eigenvalue weighted by atomic mass is 9.94. The minimum Gasteiger partial charge on any atom is -0.458 e. The van der Waals surface area contributed by atoms with Gasteiger partial charge in [0.25, 0.3) is 0 Å². The summed E-state index contributed by atoms with van der Waals surface area (Å²) < 4.78 is 58.4. The van der Waals surface area contributed by atoms with E-state index in [-0.39, 0.29) is 51.4 Å². The van der Waals surface area contributed by atoms with Crippen LogP contribution in [0.4, 0.5) is 17.6 Å². The molecule has 2 unspecified atom stereocenters. The quantitative estimate of drug-likeness (QED) is 0.0230. The smallest absolute Gasteiger partial charge is 0.329 e. The van der Waals surface area contributed by atoms with Gasteiger partial charge in [-0.3, -0.25) is 52.7 Å². The highest BCUT2D eigenvalue weighted by Gasteiger charge is 2.62. The molecule has 0 aromatic heterocycles. The summed E-state index contributed by atoms with van der Waals surface area (Å²) in [7, 11) is 1.55. The van der Waals surface area contributed by atoms with Crippen LogP contribution in [0.5, 0.6) is 0 Å². The molecule has 1 aliphatic heterocycles. The zero-order valence-electron chi connectivity index (χ0n) is 53.8. The molecule has 27 nitrogen and oxygen atoms in total. The number of ether oxygens (including phenoxy) is 1. The molecule has 92 heavy (non-hydrogen) atoms. The van der Waals surface area contributed by atoms with E-state index in [4.69, 9.17) is 10.5 Å². The van der Waals surface area contributed by atoms with Crippen LogP contribution in [0.1, 0.15) is 144 Å². The van der Waals surface area contributed by atoms with Gasteiger partial charge in [0.2, 0.25) is 77.8 Å². The fraction of sp³-hybridized carbons (Fsp3) is 0.705. The van der Waals surface area contributed by atoms with Crippen molar-refractivity contribution in [2.75, 3.05) is 20.3 Å². The fourth-order valence-electron chi connectivity index (χ4n) is 10.3. The van der Waals surface area contributed by atoms with E-state index in [1.165, 1.54) is 13.8 Å². The number of rotatable bonds is 37. The molecule has 1 aliphatic carbocycles. The van der Waals surface area contributed by atoms with Gasteiger partial charge in [-0.25, -0.2) is 22.4 Å². The van der Waals surface area contributed by atoms with Gasteiger partial charge in [0.15, 0.2) is 0 Å². The maximum absolute atomic E-state index is 14.4. The number of unbranched alkanes of at least 4 members (excludes halogenated alkanes) is 3. The number of aliphatic hydroxyl groups excluding tert-OH is 2. The Kier molecular flexibility index (Phi) is 32.9. The van der Waals surface area contributed by atoms with Crippen LogP contribution in [0.2, 0.25) is 0 Å². The largest absolute Gasteiger partial charge is 0.458 e. The minimum atomic E-state index is -2.84. The van der Waals surface area contributed by atoms with Gasteiger partial charge in [-0.2, -0.15) is 0 Å². The molecule has 2 aliphatic rings. The van der Waals surface area contributed by atoms with Crippen LogP contribution in [0, 0.1) is 23.7 Å². The van der Waals surface area contributed by atoms with Crippen molar-refractivity contribution in [3.63, 3.8) is 0 Å². The molecule has 11 amide bonds. The van der Waals surface area contributed by atoms with E-state index >= 15 is 0 Å². The van der Waals surface area contributed by atoms with Gasteiger partial charge in [0.1, 0.15) is 66.0 Å². The van der Waals surface area contributed by atoms with E-state index in [2.05, 4.69) is 58.5 Å². The van der Waals surface area contributed by atoms with Crippen LogP contribution in [0.3, 0.4) is 0 Å². The molecule has 1 saturated carbocycles. The average molecular weight is 1310 g/mol. The Hall–Kier alpha value is -7.54. The third-order valence-electron chi connectivity index (χ3n) is 17.0. The van der Waals surface area contributed by atoms with Crippen molar-refractivity contribution < 1.29 is 90.0 Å². The highest BCUT2D eigenvalue weighted by Crippen LogP contribution is 2.48. The summed E-state index contributed by atoms with van der Waals surface area (Å²) in [5.41, 5.74) is 4.40. The first kappa shape index (κ1) is 78.7. The summed E-state index contributed by atoms with van der Waals surface area (Å²) in [6, 6.07) is -6.22. The lowest BCUT2D eigenvalue weighted by molar-refractivity contribution is -0.157. The summed E-state index contributed by atoms with van der Waals surface area (Å²) in [6.07, 6.45) is -6.86. The van der Waals surface area contributed by atoms with Crippen molar-refractivity contribution >= 4 is 70.9 Å². The van der Waals surface area contributed by atoms with Crippen molar-refractivity contribution in [1.29, 1.82) is 0 Å². The zero-order chi connectivity index (χ0) is 69.2. The molecule has 1 aromatic rings. The van der Waals surface area contributed by atoms with Crippen molar-refractivity contribution in [2.24, 2.45) is 29.4 Å². The van der Waals surface area contributed by atoms with Crippen LogP contribution >= 0.6 is 0 Å². The number of aliphatic hydroxyl groups is 2. The number of primary amides is 1. The van der Waals surface area contributed by atoms with E-state index in [9.17, 15) is 85.3 Å². The number of hydrogen-bond acceptors (Lipinski definition) is 16. The van der Waals surface area contributed by atoms with Gasteiger partial charge in [0, 0.05) is 19.3 Å². The highest BCUT2D eigenvalue weighted by molar-refractivity contribution is 6.01. The number of esters is 1. The molecule has 1 heterocycles. The zero-order valence-corrected chi connectivity index (χ0v) is 53.8. The van der Waals surface area contributed by atoms with Crippen molar-refractivity contribution in [3.05, 3.63) is 35.9 Å². The number of halogens is 4. The Bertz CT molecular complexity index is 2670. The predicted octanol–water partition coefficient (Wildman–Crippen LogP) is -0.330. The Balaban J connectivity index is 1.86. The second-order valence-corrected chi connectivity index (χ2v) is 24.0. The number of cyclic esters (lactones) is 1. The normalized spacial score (nSPS) is 22.6. The maximum Gasteiger partial charge on any atom is 0.329 e. The molecule has 518 valence electrons. The minimum absolute atomic E-state index is 0.000298. The molecule has 1 spiro atoms. The van der Waals surface area contributed by atoms with Crippen LogP contribution < -0.4 is 64.2 Å². The number of alkyl halides is 4. The van der Waals surface area contributed by atoms with E-state index in [0.717, 1.165) is 5.56 Å². The summed E-state index contributed by atoms with van der Waals surface area (Å²) in [4.78, 5) is 166. The number of carbonyl (C=O) groups is 12. The van der Waals surface area contributed by atoms with Crippen molar-refractivity contribution in [1.82, 2.24) is 58.5 Å². The number of nitrogens with one attached hydrogen (secondary N) is 11. The van der Waals surface area contributed by atoms with Crippen LogP contribution in [-0.2, 0) is 68.7 Å². The third kappa shape index (κ3) is 24.2. The van der Waals surface area contributed by atoms with Crippen molar-refractivity contribution in [2.45, 2.75) is 230 Å². The lowest BCUT2D eigenvalue weighted by Gasteiger charge is -2.31. The van der Waals surface area contributed by atoms with Gasteiger partial charge in [-0.05, 0) is 82.2 Å². The Morgan fingerprint density at radius 3 is 1.66 bits per heavy atom. The number of carbonyl (C=O) groups excluding carboxylic acids is 12. The lowest BCUT2D eigenvalue weighted by Crippen LogP contribution is -2.63. The Morgan fingerprint density at radius 1 is 0.630 bits per heavy atom. The standard InChI is InChI=1S/C61H96F4N12O15/c1-10-31(4)46(56(87)72-42(30-79)55(86)75-49-35(8)92-59(90)48(33(6)12-3)76-60(91)61(28-37(61)27-44(64)65)77-50(81)34(7)68-58(49)89)74-57(88)47(32(5)11-2)73-52(83)39(24-25-45(66)80)70-54(85)41(29-78)71-51(82)38(22-18-13-14-19-23-43(62)63)69-53(84)40(67-9)26-36-20-16-15-17-21-36/h15-17,20-21,31-35,37-44,46-49,67,78-79H,10-14,18-19,22-30H2,1-9H3,(H2,66,80)(H,68,89)(H,69,84)(H,70,85)(H,71,82)(H,72,87)(H,73,83)(H,74,88)(H,75,86)(H,76,91)(H,77,81)/t31-,32-,33-,34-,35-,37?,38-,39+,40+,41-,42-,46-,47+,48-,49+,61?/m0/s1. The van der Waals surface area contributed by atoms with Gasteiger partial charge < -0.3 is 79.2 Å². The maximum atomic E-state index is 14.4. The van der Waals surface area contributed by atoms with Crippen molar-refractivity contribution in [3.8, 4) is 0 Å². The van der Waals surface area contributed by atoms with E-state index < -0.39 is 212 Å². The summed E-state index contributed by atoms with van der Waals surface area (Å²) >= 11 is 0. The van der Waals surface area contributed by atoms with E-state index in [1.54, 1.807) is 78.9 Å². The summed E-state index contributed by atoms with van der Waals surface area (Å²) in [6.45, 7) is 10.0. The molecule has 3 rings (SSSR count). The number of hydrogen-bond donors (Lipinski definition) is 14. The number of amides is 11. The Labute approximate surface area is 533 Å². The molecular formula is C61H96F4N12O15. The van der Waals surface area contributed by atoms with Gasteiger partial charge >= 0.3 is 5.97 Å². The first-order valence-corrected chi connectivity index (χ1v) is 31.5. The molecule has 31 heteroatoms. The molecule has 0 radical (unpaired) electrons. The van der Waals surface area contributed by atoms with Crippen LogP contribution in [0.25, 0.3) is 0 Å². The first-order chi connectivity index (χ1) is 43.4. The van der Waals surface area contributed by atoms with Gasteiger partial charge in [0.05, 0.1) is 19.3 Å². The number of likely N-dealkylation sites (N-methyl/N-ethyl adjacent to an activating group) is 1. The van der Waals surface area contributed by atoms with Gasteiger partial charge in [-0.1, -0.05) is 110 Å². The molecule has 0 bridgehead atoms. The molecule has 16 atom stereocenters. The van der Waals surface area contributed by atoms with Crippen LogP contribution in [-0.4, -0.2) is 186 Å². The topological polar surface area (TPSA) is 413 Å². The molecule has 1 aromatic carbocycles. The monoisotopic (exact) mass is 1310 g/mol. The van der Waals surface area contributed by atoms with E-state index in [1.807, 2.05) is 0 Å². The summed E-state index contributed by atoms with van der Waals surface area (Å²) in [5, 5.41) is 48.6. The summed E-state index contributed by atoms with van der Waals surface area (Å²) in [5.74, 6) is -15.0. The molecule has 1 saturated heterocycles. The second kappa shape index (κ2) is 38.5.